The van der Waals surface area contributed by atoms with Gasteiger partial charge in [-0.1, -0.05) is 6.92 Å². The van der Waals surface area contributed by atoms with Crippen molar-refractivity contribution in [1.82, 2.24) is 10.2 Å². The summed E-state index contributed by atoms with van der Waals surface area (Å²) in [7, 11) is 4.12. The normalized spacial score (nSPS) is 17.6. The Bertz CT molecular complexity index is 185. The molecule has 0 radical (unpaired) electrons. The Labute approximate surface area is 92.7 Å². The summed E-state index contributed by atoms with van der Waals surface area (Å²) >= 11 is 4.36. The van der Waals surface area contributed by atoms with Crippen LogP contribution in [0.5, 0.6) is 0 Å². The summed E-state index contributed by atoms with van der Waals surface area (Å²) < 4.78 is 0. The molecule has 0 rings (SSSR count). The van der Waals surface area contributed by atoms with Gasteiger partial charge in [0.2, 0.25) is 5.91 Å². The molecule has 1 N–H and O–H groups in total. The van der Waals surface area contributed by atoms with E-state index in [9.17, 15) is 4.79 Å². The standard InChI is InChI=1S/C10H22N2OS/c1-7(6-8(2)12(4)5)10(14)11-9(3)13/h7-8,10,14H,6H2,1-5H3,(H,11,13). The predicted octanol–water partition coefficient (Wildman–Crippen LogP) is 1.35. The first-order valence-corrected chi connectivity index (χ1v) is 5.47. The Morgan fingerprint density at radius 3 is 2.29 bits per heavy atom. The second-order valence-corrected chi connectivity index (χ2v) is 4.73. The number of rotatable bonds is 5. The molecule has 1 amide bonds. The molecule has 0 aliphatic carbocycles. The minimum absolute atomic E-state index is 0.0191. The van der Waals surface area contributed by atoms with Crippen molar-refractivity contribution >= 4 is 18.5 Å². The number of carbonyl (C=O) groups is 1. The van der Waals surface area contributed by atoms with Crippen LogP contribution in [-0.2, 0) is 4.79 Å². The molecular weight excluding hydrogens is 196 g/mol. The average molecular weight is 218 g/mol. The number of nitrogens with zero attached hydrogens (tertiary/aromatic N) is 1. The summed E-state index contributed by atoms with van der Waals surface area (Å²) in [5.41, 5.74) is 0. The lowest BCUT2D eigenvalue weighted by molar-refractivity contribution is -0.119. The van der Waals surface area contributed by atoms with Crippen LogP contribution in [0.4, 0.5) is 0 Å². The van der Waals surface area contributed by atoms with Gasteiger partial charge >= 0.3 is 0 Å². The van der Waals surface area contributed by atoms with Crippen molar-refractivity contribution in [2.24, 2.45) is 5.92 Å². The molecule has 3 unspecified atom stereocenters. The van der Waals surface area contributed by atoms with Gasteiger partial charge in [-0.2, -0.15) is 12.6 Å². The van der Waals surface area contributed by atoms with E-state index in [-0.39, 0.29) is 11.3 Å². The van der Waals surface area contributed by atoms with Gasteiger partial charge in [0.1, 0.15) is 0 Å². The van der Waals surface area contributed by atoms with Crippen molar-refractivity contribution in [2.75, 3.05) is 14.1 Å². The van der Waals surface area contributed by atoms with Gasteiger partial charge in [-0.05, 0) is 33.4 Å². The van der Waals surface area contributed by atoms with Crippen molar-refractivity contribution < 1.29 is 4.79 Å². The fraction of sp³-hybridized carbons (Fsp3) is 0.900. The predicted molar refractivity (Wildman–Crippen MR) is 63.5 cm³/mol. The van der Waals surface area contributed by atoms with E-state index in [2.05, 4.69) is 50.8 Å². The SMILES string of the molecule is CC(=O)NC(S)C(C)CC(C)N(C)C. The van der Waals surface area contributed by atoms with Crippen LogP contribution in [0.25, 0.3) is 0 Å². The molecular formula is C10H22N2OS. The van der Waals surface area contributed by atoms with Crippen molar-refractivity contribution in [3.8, 4) is 0 Å². The second-order valence-electron chi connectivity index (χ2n) is 4.17. The highest BCUT2D eigenvalue weighted by Crippen LogP contribution is 2.15. The number of hydrogen-bond donors (Lipinski definition) is 2. The van der Waals surface area contributed by atoms with Crippen LogP contribution in [0.1, 0.15) is 27.2 Å². The molecule has 3 nitrogen and oxygen atoms in total. The molecule has 0 aliphatic rings. The Balaban J connectivity index is 3.94. The third-order valence-corrected chi connectivity index (χ3v) is 3.12. The van der Waals surface area contributed by atoms with E-state index in [0.717, 1.165) is 6.42 Å². The number of nitrogens with one attached hydrogen (secondary N) is 1. The van der Waals surface area contributed by atoms with E-state index in [1.807, 2.05) is 0 Å². The lowest BCUT2D eigenvalue weighted by Crippen LogP contribution is -2.37. The summed E-state index contributed by atoms with van der Waals surface area (Å²) in [6.07, 6.45) is 1.03. The van der Waals surface area contributed by atoms with Gasteiger partial charge < -0.3 is 10.2 Å². The Morgan fingerprint density at radius 2 is 1.93 bits per heavy atom. The number of amides is 1. The minimum Gasteiger partial charge on any atom is -0.345 e. The highest BCUT2D eigenvalue weighted by Gasteiger charge is 2.17. The number of thiol groups is 1. The van der Waals surface area contributed by atoms with Gasteiger partial charge in [0.15, 0.2) is 0 Å². The third-order valence-electron chi connectivity index (χ3n) is 2.48. The van der Waals surface area contributed by atoms with E-state index >= 15 is 0 Å². The molecule has 3 atom stereocenters. The quantitative estimate of drug-likeness (QED) is 0.539. The molecule has 0 aliphatic heterocycles. The Kier molecular flexibility index (Phi) is 6.20. The molecule has 0 fully saturated rings. The molecule has 0 bridgehead atoms. The molecule has 0 heterocycles. The average Bonchev–Trinajstić information content (AvgIpc) is 2.02. The molecule has 14 heavy (non-hydrogen) atoms. The minimum atomic E-state index is -0.0464. The zero-order valence-electron chi connectivity index (χ0n) is 9.74. The molecule has 0 spiro atoms. The monoisotopic (exact) mass is 218 g/mol. The molecule has 0 aromatic carbocycles. The van der Waals surface area contributed by atoms with Crippen molar-refractivity contribution in [1.29, 1.82) is 0 Å². The smallest absolute Gasteiger partial charge is 0.217 e. The molecule has 84 valence electrons. The topological polar surface area (TPSA) is 32.3 Å². The lowest BCUT2D eigenvalue weighted by Gasteiger charge is -2.26. The first-order chi connectivity index (χ1) is 6.34. The Hall–Kier alpha value is -0.220. The Morgan fingerprint density at radius 1 is 1.43 bits per heavy atom. The van der Waals surface area contributed by atoms with Gasteiger partial charge in [0.05, 0.1) is 5.37 Å². The van der Waals surface area contributed by atoms with Gasteiger partial charge in [-0.3, -0.25) is 4.79 Å². The summed E-state index contributed by atoms with van der Waals surface area (Å²) in [5, 5.41) is 2.75. The zero-order chi connectivity index (χ0) is 11.3. The van der Waals surface area contributed by atoms with Crippen molar-refractivity contribution in [3.05, 3.63) is 0 Å². The maximum Gasteiger partial charge on any atom is 0.217 e. The zero-order valence-corrected chi connectivity index (χ0v) is 10.6. The first-order valence-electron chi connectivity index (χ1n) is 4.96. The van der Waals surface area contributed by atoms with Crippen LogP contribution >= 0.6 is 12.6 Å². The van der Waals surface area contributed by atoms with Crippen LogP contribution in [0, 0.1) is 5.92 Å². The van der Waals surface area contributed by atoms with Crippen LogP contribution in [0.15, 0.2) is 0 Å². The third kappa shape index (κ3) is 5.50. The summed E-state index contributed by atoms with van der Waals surface area (Å²) in [4.78, 5) is 13.0. The molecule has 4 heteroatoms. The van der Waals surface area contributed by atoms with Crippen molar-refractivity contribution in [3.63, 3.8) is 0 Å². The van der Waals surface area contributed by atoms with Crippen LogP contribution in [0.2, 0.25) is 0 Å². The summed E-state index contributed by atoms with van der Waals surface area (Å²) in [6, 6.07) is 0.508. The summed E-state index contributed by atoms with van der Waals surface area (Å²) in [6.45, 7) is 5.80. The maximum atomic E-state index is 10.8. The lowest BCUT2D eigenvalue weighted by atomic mass is 10.0. The molecule has 0 saturated heterocycles. The maximum absolute atomic E-state index is 10.8. The van der Waals surface area contributed by atoms with Crippen LogP contribution < -0.4 is 5.32 Å². The number of carbonyl (C=O) groups excluding carboxylic acids is 1. The van der Waals surface area contributed by atoms with E-state index in [4.69, 9.17) is 0 Å². The molecule has 0 saturated carbocycles. The summed E-state index contributed by atoms with van der Waals surface area (Å²) in [5.74, 6) is 0.356. The molecule has 0 aromatic heterocycles. The second kappa shape index (κ2) is 6.30. The van der Waals surface area contributed by atoms with E-state index in [1.54, 1.807) is 0 Å². The van der Waals surface area contributed by atoms with Gasteiger partial charge in [-0.25, -0.2) is 0 Å². The van der Waals surface area contributed by atoms with Gasteiger partial charge in [0.25, 0.3) is 0 Å². The van der Waals surface area contributed by atoms with Gasteiger partial charge in [0, 0.05) is 13.0 Å². The largest absolute Gasteiger partial charge is 0.345 e. The van der Waals surface area contributed by atoms with E-state index in [0.29, 0.717) is 12.0 Å². The highest BCUT2D eigenvalue weighted by molar-refractivity contribution is 7.80. The van der Waals surface area contributed by atoms with E-state index in [1.165, 1.54) is 6.92 Å². The highest BCUT2D eigenvalue weighted by atomic mass is 32.1. The fourth-order valence-electron chi connectivity index (χ4n) is 1.23. The van der Waals surface area contributed by atoms with Crippen LogP contribution in [-0.4, -0.2) is 36.3 Å². The molecule has 0 aromatic rings. The fourth-order valence-corrected chi connectivity index (χ4v) is 1.53. The number of hydrogen-bond acceptors (Lipinski definition) is 3. The van der Waals surface area contributed by atoms with E-state index < -0.39 is 0 Å². The van der Waals surface area contributed by atoms with Gasteiger partial charge in [-0.15, -0.1) is 0 Å². The van der Waals surface area contributed by atoms with Crippen molar-refractivity contribution in [2.45, 2.75) is 38.6 Å². The first kappa shape index (κ1) is 13.8. The van der Waals surface area contributed by atoms with Crippen LogP contribution in [0.3, 0.4) is 0 Å².